The van der Waals surface area contributed by atoms with Gasteiger partial charge < -0.3 is 14.8 Å². The van der Waals surface area contributed by atoms with Crippen LogP contribution in [0.1, 0.15) is 38.2 Å². The summed E-state index contributed by atoms with van der Waals surface area (Å²) in [5, 5.41) is 1.12. The SMILES string of the molecule is C[C@H]1CCCN(C(=O)[C@@H]2CCC(=O)N2Cc2c[nH]c3ccccc23)C1. The summed E-state index contributed by atoms with van der Waals surface area (Å²) < 4.78 is 0. The number of fused-ring (bicyclic) bond motifs is 1. The Bertz CT molecular complexity index is 797. The van der Waals surface area contributed by atoms with Gasteiger partial charge in [0.05, 0.1) is 0 Å². The van der Waals surface area contributed by atoms with Crippen molar-refractivity contribution in [3.8, 4) is 0 Å². The molecule has 2 aliphatic rings. The molecule has 2 aliphatic heterocycles. The first-order valence-electron chi connectivity index (χ1n) is 9.26. The number of benzene rings is 1. The molecule has 1 N–H and O–H groups in total. The molecule has 2 saturated heterocycles. The Kier molecular flexibility index (Phi) is 4.24. The van der Waals surface area contributed by atoms with Crippen LogP contribution in [0.5, 0.6) is 0 Å². The quantitative estimate of drug-likeness (QED) is 0.935. The van der Waals surface area contributed by atoms with Gasteiger partial charge in [-0.05, 0) is 36.8 Å². The summed E-state index contributed by atoms with van der Waals surface area (Å²) in [6.07, 6.45) is 5.33. The number of para-hydroxylation sites is 1. The van der Waals surface area contributed by atoms with E-state index in [9.17, 15) is 9.59 Å². The Hall–Kier alpha value is -2.30. The zero-order valence-electron chi connectivity index (χ0n) is 14.7. The van der Waals surface area contributed by atoms with Crippen LogP contribution in [0.3, 0.4) is 0 Å². The smallest absolute Gasteiger partial charge is 0.245 e. The van der Waals surface area contributed by atoms with Crippen molar-refractivity contribution in [2.45, 2.75) is 45.2 Å². The van der Waals surface area contributed by atoms with Gasteiger partial charge in [-0.2, -0.15) is 0 Å². The van der Waals surface area contributed by atoms with Gasteiger partial charge in [-0.15, -0.1) is 0 Å². The van der Waals surface area contributed by atoms with Gasteiger partial charge in [0.2, 0.25) is 11.8 Å². The lowest BCUT2D eigenvalue weighted by Gasteiger charge is -2.35. The first-order valence-corrected chi connectivity index (χ1v) is 9.26. The molecule has 0 spiro atoms. The van der Waals surface area contributed by atoms with Gasteiger partial charge in [-0.3, -0.25) is 9.59 Å². The van der Waals surface area contributed by atoms with E-state index in [-0.39, 0.29) is 17.9 Å². The lowest BCUT2D eigenvalue weighted by Crippen LogP contribution is -2.49. The molecule has 0 bridgehead atoms. The lowest BCUT2D eigenvalue weighted by atomic mass is 9.99. The van der Waals surface area contributed by atoms with Gasteiger partial charge in [0.15, 0.2) is 0 Å². The monoisotopic (exact) mass is 339 g/mol. The van der Waals surface area contributed by atoms with Crippen molar-refractivity contribution in [3.05, 3.63) is 36.0 Å². The van der Waals surface area contributed by atoms with Crippen LogP contribution in [0, 0.1) is 5.92 Å². The standard InChI is InChI=1S/C20H25N3O2/c1-14-5-4-10-22(12-14)20(25)18-8-9-19(24)23(18)13-15-11-21-17-7-3-2-6-16(15)17/h2-3,6-7,11,14,18,21H,4-5,8-10,12-13H2,1H3/t14-,18-/m0/s1. The van der Waals surface area contributed by atoms with Gasteiger partial charge in [-0.25, -0.2) is 0 Å². The van der Waals surface area contributed by atoms with Crippen LogP contribution in [0.2, 0.25) is 0 Å². The molecule has 2 atom stereocenters. The molecule has 0 radical (unpaired) electrons. The third-order valence-corrected chi connectivity index (χ3v) is 5.60. The average Bonchev–Trinajstić information content (AvgIpc) is 3.19. The molecule has 1 aromatic heterocycles. The lowest BCUT2D eigenvalue weighted by molar-refractivity contribution is -0.143. The Labute approximate surface area is 148 Å². The first-order chi connectivity index (χ1) is 12.1. The molecule has 3 heterocycles. The number of nitrogens with one attached hydrogen (secondary N) is 1. The minimum Gasteiger partial charge on any atom is -0.361 e. The van der Waals surface area contributed by atoms with Crippen LogP contribution in [-0.2, 0) is 16.1 Å². The molecule has 0 aliphatic carbocycles. The number of nitrogens with zero attached hydrogens (tertiary/aromatic N) is 2. The predicted molar refractivity (Wildman–Crippen MR) is 96.8 cm³/mol. The molecule has 5 nitrogen and oxygen atoms in total. The van der Waals surface area contributed by atoms with E-state index in [0.29, 0.717) is 25.3 Å². The molecule has 0 saturated carbocycles. The predicted octanol–water partition coefficient (Wildman–Crippen LogP) is 2.92. The van der Waals surface area contributed by atoms with Crippen molar-refractivity contribution >= 4 is 22.7 Å². The largest absolute Gasteiger partial charge is 0.361 e. The van der Waals surface area contributed by atoms with Crippen molar-refractivity contribution in [2.75, 3.05) is 13.1 Å². The number of hydrogen-bond acceptors (Lipinski definition) is 2. The second-order valence-electron chi connectivity index (χ2n) is 7.47. The highest BCUT2D eigenvalue weighted by Gasteiger charge is 2.39. The minimum atomic E-state index is -0.300. The van der Waals surface area contributed by atoms with E-state index in [1.165, 1.54) is 6.42 Å². The number of hydrogen-bond donors (Lipinski definition) is 1. The van der Waals surface area contributed by atoms with Crippen LogP contribution in [0.4, 0.5) is 0 Å². The number of aromatic nitrogens is 1. The van der Waals surface area contributed by atoms with E-state index in [4.69, 9.17) is 0 Å². The zero-order chi connectivity index (χ0) is 17.4. The molecular formula is C20H25N3O2. The molecule has 2 fully saturated rings. The van der Waals surface area contributed by atoms with E-state index in [2.05, 4.69) is 18.0 Å². The first kappa shape index (κ1) is 16.2. The van der Waals surface area contributed by atoms with E-state index < -0.39 is 0 Å². The molecule has 132 valence electrons. The van der Waals surface area contributed by atoms with Crippen LogP contribution in [0.15, 0.2) is 30.5 Å². The minimum absolute atomic E-state index is 0.0914. The maximum absolute atomic E-state index is 13.0. The summed E-state index contributed by atoms with van der Waals surface area (Å²) in [4.78, 5) is 32.5. The fourth-order valence-corrected chi connectivity index (χ4v) is 4.23. The topological polar surface area (TPSA) is 56.4 Å². The van der Waals surface area contributed by atoms with Crippen molar-refractivity contribution in [1.29, 1.82) is 0 Å². The number of carbonyl (C=O) groups is 2. The molecule has 0 unspecified atom stereocenters. The number of amides is 2. The maximum Gasteiger partial charge on any atom is 0.245 e. The molecule has 2 amide bonds. The third-order valence-electron chi connectivity index (χ3n) is 5.60. The third kappa shape index (κ3) is 3.03. The molecule has 5 heteroatoms. The van der Waals surface area contributed by atoms with Gasteiger partial charge in [-0.1, -0.05) is 25.1 Å². The Morgan fingerprint density at radius 1 is 1.28 bits per heavy atom. The van der Waals surface area contributed by atoms with Crippen LogP contribution >= 0.6 is 0 Å². The summed E-state index contributed by atoms with van der Waals surface area (Å²) in [6.45, 7) is 4.35. The van der Waals surface area contributed by atoms with Crippen LogP contribution in [-0.4, -0.2) is 45.7 Å². The van der Waals surface area contributed by atoms with Crippen LogP contribution < -0.4 is 0 Å². The molecule has 25 heavy (non-hydrogen) atoms. The van der Waals surface area contributed by atoms with E-state index in [1.807, 2.05) is 29.3 Å². The van der Waals surface area contributed by atoms with Crippen molar-refractivity contribution in [1.82, 2.24) is 14.8 Å². The highest BCUT2D eigenvalue weighted by Crippen LogP contribution is 2.27. The summed E-state index contributed by atoms with van der Waals surface area (Å²) >= 11 is 0. The Morgan fingerprint density at radius 2 is 2.12 bits per heavy atom. The number of carbonyl (C=O) groups excluding carboxylic acids is 2. The highest BCUT2D eigenvalue weighted by atomic mass is 16.2. The zero-order valence-corrected chi connectivity index (χ0v) is 14.7. The second kappa shape index (κ2) is 6.54. The van der Waals surface area contributed by atoms with E-state index >= 15 is 0 Å². The molecule has 2 aromatic rings. The van der Waals surface area contributed by atoms with Crippen molar-refractivity contribution < 1.29 is 9.59 Å². The number of likely N-dealkylation sites (tertiary alicyclic amines) is 2. The highest BCUT2D eigenvalue weighted by molar-refractivity contribution is 5.91. The normalized spacial score (nSPS) is 24.3. The van der Waals surface area contributed by atoms with E-state index in [0.717, 1.165) is 36.0 Å². The van der Waals surface area contributed by atoms with Gasteiger partial charge in [0.25, 0.3) is 0 Å². The summed E-state index contributed by atoms with van der Waals surface area (Å²) in [7, 11) is 0. The molecular weight excluding hydrogens is 314 g/mol. The van der Waals surface area contributed by atoms with Gasteiger partial charge in [0.1, 0.15) is 6.04 Å². The molecule has 1 aromatic carbocycles. The average molecular weight is 339 g/mol. The van der Waals surface area contributed by atoms with Crippen molar-refractivity contribution in [2.24, 2.45) is 5.92 Å². The Morgan fingerprint density at radius 3 is 2.96 bits per heavy atom. The summed E-state index contributed by atoms with van der Waals surface area (Å²) in [5.74, 6) is 0.780. The number of rotatable bonds is 3. The fraction of sp³-hybridized carbons (Fsp3) is 0.500. The van der Waals surface area contributed by atoms with Crippen molar-refractivity contribution in [3.63, 3.8) is 0 Å². The fourth-order valence-electron chi connectivity index (χ4n) is 4.23. The number of piperidine rings is 1. The second-order valence-corrected chi connectivity index (χ2v) is 7.47. The van der Waals surface area contributed by atoms with Gasteiger partial charge >= 0.3 is 0 Å². The number of H-pyrrole nitrogens is 1. The van der Waals surface area contributed by atoms with E-state index in [1.54, 1.807) is 4.90 Å². The summed E-state index contributed by atoms with van der Waals surface area (Å²) in [6, 6.07) is 7.79. The summed E-state index contributed by atoms with van der Waals surface area (Å²) in [5.41, 5.74) is 2.15. The van der Waals surface area contributed by atoms with Gasteiger partial charge in [0, 0.05) is 43.2 Å². The molecule has 4 rings (SSSR count). The maximum atomic E-state index is 13.0. The Balaban J connectivity index is 1.54. The van der Waals surface area contributed by atoms with Crippen LogP contribution in [0.25, 0.3) is 10.9 Å². The number of aromatic amines is 1.